The quantitative estimate of drug-likeness (QED) is 0.872. The van der Waals surface area contributed by atoms with Gasteiger partial charge in [-0.05, 0) is 32.8 Å². The van der Waals surface area contributed by atoms with Crippen LogP contribution in [0.5, 0.6) is 0 Å². The fourth-order valence-corrected chi connectivity index (χ4v) is 2.87. The van der Waals surface area contributed by atoms with Crippen molar-refractivity contribution in [2.75, 3.05) is 6.73 Å². The van der Waals surface area contributed by atoms with Gasteiger partial charge in [-0.3, -0.25) is 9.69 Å². The van der Waals surface area contributed by atoms with E-state index in [1.54, 1.807) is 4.90 Å². The number of amides is 1. The van der Waals surface area contributed by atoms with Crippen molar-refractivity contribution >= 4 is 11.5 Å². The summed E-state index contributed by atoms with van der Waals surface area (Å²) in [5.74, 6) is 0.553. The van der Waals surface area contributed by atoms with Crippen LogP contribution < -0.4 is 0 Å². The van der Waals surface area contributed by atoms with Crippen LogP contribution in [0.25, 0.3) is 5.57 Å². The molecule has 23 heavy (non-hydrogen) atoms. The van der Waals surface area contributed by atoms with Crippen molar-refractivity contribution in [2.45, 2.75) is 58.6 Å². The summed E-state index contributed by atoms with van der Waals surface area (Å²) in [6.45, 7) is 7.89. The second-order valence-electron chi connectivity index (χ2n) is 6.62. The second kappa shape index (κ2) is 7.18. The van der Waals surface area contributed by atoms with Crippen molar-refractivity contribution in [1.82, 2.24) is 4.90 Å². The Labute approximate surface area is 138 Å². The summed E-state index contributed by atoms with van der Waals surface area (Å²) in [6.07, 6.45) is 2.06. The Bertz CT molecular complexity index is 578. The van der Waals surface area contributed by atoms with Gasteiger partial charge >= 0.3 is 0 Å². The molecule has 1 unspecified atom stereocenters. The molecule has 1 aromatic rings. The maximum Gasteiger partial charge on any atom is 0.261 e. The van der Waals surface area contributed by atoms with E-state index in [-0.39, 0.29) is 12.6 Å². The predicted molar refractivity (Wildman–Crippen MR) is 91.4 cm³/mol. The number of ether oxygens (including phenoxy) is 1. The Hall–Kier alpha value is -1.81. The minimum atomic E-state index is -0.674. The Morgan fingerprint density at radius 1 is 1.30 bits per heavy atom. The van der Waals surface area contributed by atoms with Gasteiger partial charge in [0.15, 0.2) is 6.73 Å². The average Bonchev–Trinajstić information content (AvgIpc) is 2.53. The largest absolute Gasteiger partial charge is 0.477 e. The van der Waals surface area contributed by atoms with Crippen molar-refractivity contribution in [3.63, 3.8) is 0 Å². The van der Waals surface area contributed by atoms with E-state index in [0.717, 1.165) is 18.4 Å². The molecule has 1 aliphatic heterocycles. The molecule has 0 radical (unpaired) electrons. The van der Waals surface area contributed by atoms with Gasteiger partial charge in [-0.2, -0.15) is 0 Å². The molecule has 0 bridgehead atoms. The molecule has 1 amide bonds. The van der Waals surface area contributed by atoms with E-state index in [1.165, 1.54) is 0 Å². The summed E-state index contributed by atoms with van der Waals surface area (Å²) < 4.78 is 5.74. The maximum atomic E-state index is 13.0. The van der Waals surface area contributed by atoms with Crippen LogP contribution in [0.4, 0.5) is 0 Å². The fourth-order valence-electron chi connectivity index (χ4n) is 2.87. The zero-order valence-electron chi connectivity index (χ0n) is 14.5. The Morgan fingerprint density at radius 3 is 2.57 bits per heavy atom. The molecule has 0 saturated heterocycles. The van der Waals surface area contributed by atoms with Crippen LogP contribution in [0.15, 0.2) is 36.1 Å². The summed E-state index contributed by atoms with van der Waals surface area (Å²) in [4.78, 5) is 14.7. The molecule has 1 aliphatic rings. The van der Waals surface area contributed by atoms with Crippen molar-refractivity contribution in [3.8, 4) is 0 Å². The van der Waals surface area contributed by atoms with Gasteiger partial charge in [0.1, 0.15) is 5.76 Å². The van der Waals surface area contributed by atoms with Gasteiger partial charge in [-0.1, -0.05) is 50.1 Å². The van der Waals surface area contributed by atoms with E-state index in [2.05, 4.69) is 6.92 Å². The Balaban J connectivity index is 2.28. The molecule has 2 rings (SSSR count). The number of nitrogens with zero attached hydrogens (tertiary/aromatic N) is 1. The number of allylic oxidation sites excluding steroid dienone is 1. The van der Waals surface area contributed by atoms with E-state index in [9.17, 15) is 9.90 Å². The zero-order valence-corrected chi connectivity index (χ0v) is 14.5. The SMILES string of the molecule is CCCCC(O)C(C)(C)N1COC(C)=C(c2ccccc2)C1=O. The fraction of sp³-hybridized carbons (Fsp3) is 0.526. The number of carbonyl (C=O) groups excluding carboxylic acids is 1. The molecule has 4 nitrogen and oxygen atoms in total. The molecular weight excluding hydrogens is 290 g/mol. The highest BCUT2D eigenvalue weighted by Gasteiger charge is 2.41. The molecule has 0 aromatic heterocycles. The van der Waals surface area contributed by atoms with Crippen molar-refractivity contribution < 1.29 is 14.6 Å². The first kappa shape index (κ1) is 17.5. The van der Waals surface area contributed by atoms with E-state index in [4.69, 9.17) is 4.74 Å². The Morgan fingerprint density at radius 2 is 1.96 bits per heavy atom. The smallest absolute Gasteiger partial charge is 0.261 e. The predicted octanol–water partition coefficient (Wildman–Crippen LogP) is 3.56. The first-order valence-electron chi connectivity index (χ1n) is 8.28. The molecule has 1 aromatic carbocycles. The molecule has 1 heterocycles. The van der Waals surface area contributed by atoms with Crippen LogP contribution in [-0.4, -0.2) is 34.3 Å². The number of aliphatic hydroxyl groups is 1. The van der Waals surface area contributed by atoms with E-state index in [0.29, 0.717) is 17.8 Å². The van der Waals surface area contributed by atoms with E-state index < -0.39 is 11.6 Å². The van der Waals surface area contributed by atoms with Crippen LogP contribution >= 0.6 is 0 Å². The lowest BCUT2D eigenvalue weighted by Gasteiger charge is -2.44. The zero-order chi connectivity index (χ0) is 17.0. The molecule has 1 N–H and O–H groups in total. The number of hydrogen-bond donors (Lipinski definition) is 1. The van der Waals surface area contributed by atoms with Crippen LogP contribution in [0.1, 0.15) is 52.5 Å². The van der Waals surface area contributed by atoms with Crippen LogP contribution in [0.2, 0.25) is 0 Å². The first-order valence-corrected chi connectivity index (χ1v) is 8.28. The number of hydrogen-bond acceptors (Lipinski definition) is 3. The minimum absolute atomic E-state index is 0.0829. The van der Waals surface area contributed by atoms with Gasteiger partial charge in [0, 0.05) is 0 Å². The highest BCUT2D eigenvalue weighted by atomic mass is 16.5. The topological polar surface area (TPSA) is 49.8 Å². The number of rotatable bonds is 6. The number of aliphatic hydroxyl groups excluding tert-OH is 1. The molecule has 0 aliphatic carbocycles. The maximum absolute atomic E-state index is 13.0. The van der Waals surface area contributed by atoms with Crippen molar-refractivity contribution in [3.05, 3.63) is 41.7 Å². The van der Waals surface area contributed by atoms with Gasteiger partial charge in [0.25, 0.3) is 5.91 Å². The lowest BCUT2D eigenvalue weighted by atomic mass is 9.89. The number of carbonyl (C=O) groups is 1. The molecule has 1 atom stereocenters. The number of unbranched alkanes of at least 4 members (excludes halogenated alkanes) is 1. The molecular formula is C19H27NO3. The molecule has 0 spiro atoms. The molecule has 0 fully saturated rings. The second-order valence-corrected chi connectivity index (χ2v) is 6.62. The van der Waals surface area contributed by atoms with Gasteiger partial charge in [0.05, 0.1) is 17.2 Å². The lowest BCUT2D eigenvalue weighted by molar-refractivity contribution is -0.146. The molecule has 4 heteroatoms. The molecule has 0 saturated carbocycles. The lowest BCUT2D eigenvalue weighted by Crippen LogP contribution is -2.57. The Kier molecular flexibility index (Phi) is 5.47. The third kappa shape index (κ3) is 3.58. The monoisotopic (exact) mass is 317 g/mol. The van der Waals surface area contributed by atoms with Gasteiger partial charge in [0.2, 0.25) is 0 Å². The van der Waals surface area contributed by atoms with Crippen LogP contribution in [0, 0.1) is 0 Å². The summed E-state index contributed by atoms with van der Waals surface area (Å²) >= 11 is 0. The normalized spacial score (nSPS) is 17.3. The van der Waals surface area contributed by atoms with Gasteiger partial charge < -0.3 is 9.84 Å². The van der Waals surface area contributed by atoms with Crippen LogP contribution in [0.3, 0.4) is 0 Å². The van der Waals surface area contributed by atoms with Gasteiger partial charge in [-0.25, -0.2) is 0 Å². The number of benzene rings is 1. The van der Waals surface area contributed by atoms with E-state index in [1.807, 2.05) is 51.1 Å². The highest BCUT2D eigenvalue weighted by molar-refractivity contribution is 6.20. The first-order chi connectivity index (χ1) is 10.9. The molecule has 126 valence electrons. The van der Waals surface area contributed by atoms with Crippen LogP contribution in [-0.2, 0) is 9.53 Å². The standard InChI is InChI=1S/C19H27NO3/c1-5-6-12-16(21)19(3,4)20-13-23-14(2)17(18(20)22)15-10-8-7-9-11-15/h7-11,16,21H,5-6,12-13H2,1-4H3. The van der Waals surface area contributed by atoms with Crippen molar-refractivity contribution in [2.24, 2.45) is 0 Å². The van der Waals surface area contributed by atoms with Crippen molar-refractivity contribution in [1.29, 1.82) is 0 Å². The minimum Gasteiger partial charge on any atom is -0.477 e. The van der Waals surface area contributed by atoms with Gasteiger partial charge in [-0.15, -0.1) is 0 Å². The highest BCUT2D eigenvalue weighted by Crippen LogP contribution is 2.32. The summed E-state index contributed by atoms with van der Waals surface area (Å²) in [5, 5.41) is 10.5. The van der Waals surface area contributed by atoms with E-state index >= 15 is 0 Å². The summed E-state index contributed by atoms with van der Waals surface area (Å²) in [7, 11) is 0. The summed E-state index contributed by atoms with van der Waals surface area (Å²) in [5.41, 5.74) is 0.749. The third-order valence-corrected chi connectivity index (χ3v) is 4.63. The third-order valence-electron chi connectivity index (χ3n) is 4.63. The average molecular weight is 317 g/mol. The summed E-state index contributed by atoms with van der Waals surface area (Å²) in [6, 6.07) is 9.55.